The van der Waals surface area contributed by atoms with Gasteiger partial charge in [-0.15, -0.1) is 21.5 Å². The van der Waals surface area contributed by atoms with E-state index in [0.29, 0.717) is 6.04 Å². The minimum atomic E-state index is 0.324. The van der Waals surface area contributed by atoms with Crippen molar-refractivity contribution in [1.82, 2.24) is 25.1 Å². The van der Waals surface area contributed by atoms with Crippen molar-refractivity contribution in [3.63, 3.8) is 0 Å². The zero-order valence-electron chi connectivity index (χ0n) is 9.97. The maximum absolute atomic E-state index is 4.49. The van der Waals surface area contributed by atoms with Crippen LogP contribution in [0.15, 0.2) is 5.38 Å². The summed E-state index contributed by atoms with van der Waals surface area (Å²) in [6.07, 6.45) is 1.04. The molecule has 0 amide bonds. The van der Waals surface area contributed by atoms with Gasteiger partial charge in [-0.2, -0.15) is 0 Å². The van der Waals surface area contributed by atoms with Crippen molar-refractivity contribution in [3.8, 4) is 11.5 Å². The molecule has 3 rings (SSSR count). The van der Waals surface area contributed by atoms with Crippen molar-refractivity contribution >= 4 is 11.3 Å². The molecular formula is C11H15N5S. The number of hydrogen-bond donors (Lipinski definition) is 1. The molecule has 90 valence electrons. The van der Waals surface area contributed by atoms with Gasteiger partial charge in [0.1, 0.15) is 5.69 Å². The summed E-state index contributed by atoms with van der Waals surface area (Å²) in [5, 5.41) is 15.2. The van der Waals surface area contributed by atoms with Crippen LogP contribution < -0.4 is 5.32 Å². The molecule has 1 aliphatic heterocycles. The number of rotatable bonds is 2. The molecule has 0 bridgehead atoms. The predicted octanol–water partition coefficient (Wildman–Crippen LogP) is 1.76. The summed E-state index contributed by atoms with van der Waals surface area (Å²) < 4.78 is 2.19. The van der Waals surface area contributed by atoms with Gasteiger partial charge in [0.05, 0.1) is 11.0 Å². The van der Waals surface area contributed by atoms with Gasteiger partial charge in [-0.05, 0) is 13.3 Å². The molecule has 0 saturated carbocycles. The fourth-order valence-electron chi connectivity index (χ4n) is 2.22. The van der Waals surface area contributed by atoms with Gasteiger partial charge in [0, 0.05) is 18.5 Å². The van der Waals surface area contributed by atoms with Crippen molar-refractivity contribution in [2.24, 2.45) is 0 Å². The fraction of sp³-hybridized carbons (Fsp3) is 0.545. The molecule has 2 aromatic rings. The highest BCUT2D eigenvalue weighted by molar-refractivity contribution is 7.09. The Morgan fingerprint density at radius 2 is 2.41 bits per heavy atom. The van der Waals surface area contributed by atoms with Crippen molar-refractivity contribution in [2.75, 3.05) is 6.54 Å². The van der Waals surface area contributed by atoms with Crippen LogP contribution in [0.4, 0.5) is 0 Å². The zero-order chi connectivity index (χ0) is 11.8. The zero-order valence-corrected chi connectivity index (χ0v) is 10.8. The minimum absolute atomic E-state index is 0.324. The molecule has 17 heavy (non-hydrogen) atoms. The van der Waals surface area contributed by atoms with Gasteiger partial charge in [0.25, 0.3) is 0 Å². The second-order valence-electron chi connectivity index (χ2n) is 4.20. The van der Waals surface area contributed by atoms with E-state index in [4.69, 9.17) is 0 Å². The lowest BCUT2D eigenvalue weighted by Gasteiger charge is -2.23. The van der Waals surface area contributed by atoms with Gasteiger partial charge in [-0.25, -0.2) is 4.98 Å². The molecule has 1 aliphatic rings. The third-order valence-corrected chi connectivity index (χ3v) is 3.85. The Balaban J connectivity index is 2.05. The second-order valence-corrected chi connectivity index (χ2v) is 5.26. The molecule has 5 nitrogen and oxygen atoms in total. The van der Waals surface area contributed by atoms with E-state index in [-0.39, 0.29) is 0 Å². The first-order valence-electron chi connectivity index (χ1n) is 5.88. The molecule has 6 heteroatoms. The van der Waals surface area contributed by atoms with E-state index in [1.807, 2.05) is 6.92 Å². The monoisotopic (exact) mass is 249 g/mol. The van der Waals surface area contributed by atoms with E-state index in [0.717, 1.165) is 41.9 Å². The Morgan fingerprint density at radius 1 is 1.53 bits per heavy atom. The molecular weight excluding hydrogens is 234 g/mol. The van der Waals surface area contributed by atoms with Crippen molar-refractivity contribution in [1.29, 1.82) is 0 Å². The summed E-state index contributed by atoms with van der Waals surface area (Å²) >= 11 is 1.65. The van der Waals surface area contributed by atoms with Crippen LogP contribution in [0.1, 0.15) is 30.2 Å². The Hall–Kier alpha value is -1.27. The first-order valence-corrected chi connectivity index (χ1v) is 6.76. The average molecular weight is 249 g/mol. The summed E-state index contributed by atoms with van der Waals surface area (Å²) in [4.78, 5) is 4.49. The van der Waals surface area contributed by atoms with Gasteiger partial charge < -0.3 is 9.88 Å². The topological polar surface area (TPSA) is 55.6 Å². The van der Waals surface area contributed by atoms with E-state index in [1.165, 1.54) is 0 Å². The number of nitrogens with zero attached hydrogens (tertiary/aromatic N) is 4. The van der Waals surface area contributed by atoms with Gasteiger partial charge in [-0.1, -0.05) is 6.92 Å². The Labute approximate surface area is 104 Å². The highest BCUT2D eigenvalue weighted by Crippen LogP contribution is 2.25. The maximum Gasteiger partial charge on any atom is 0.183 e. The van der Waals surface area contributed by atoms with Crippen LogP contribution in [0, 0.1) is 6.92 Å². The Morgan fingerprint density at radius 3 is 3.12 bits per heavy atom. The number of aromatic nitrogens is 4. The lowest BCUT2D eigenvalue weighted by molar-refractivity contribution is 0.407. The molecule has 0 aliphatic carbocycles. The van der Waals surface area contributed by atoms with Crippen molar-refractivity contribution < 1.29 is 0 Å². The molecule has 3 heterocycles. The maximum atomic E-state index is 4.49. The number of nitrogens with one attached hydrogen (secondary N) is 1. The van der Waals surface area contributed by atoms with Gasteiger partial charge in [0.15, 0.2) is 11.6 Å². The molecule has 0 spiro atoms. The van der Waals surface area contributed by atoms with Crippen LogP contribution in [-0.4, -0.2) is 26.3 Å². The smallest absolute Gasteiger partial charge is 0.183 e. The van der Waals surface area contributed by atoms with E-state index >= 15 is 0 Å². The number of fused-ring (bicyclic) bond motifs is 1. The van der Waals surface area contributed by atoms with E-state index < -0.39 is 0 Å². The molecule has 1 N–H and O–H groups in total. The summed E-state index contributed by atoms with van der Waals surface area (Å²) in [5.41, 5.74) is 0.947. The molecule has 0 fully saturated rings. The largest absolute Gasteiger partial charge is 0.307 e. The summed E-state index contributed by atoms with van der Waals surface area (Å²) in [6, 6.07) is 0.324. The lowest BCUT2D eigenvalue weighted by atomic mass is 10.2. The van der Waals surface area contributed by atoms with E-state index in [1.54, 1.807) is 11.3 Å². The molecule has 0 radical (unpaired) electrons. The Kier molecular flexibility index (Phi) is 2.68. The van der Waals surface area contributed by atoms with Crippen molar-refractivity contribution in [3.05, 3.63) is 16.2 Å². The molecule has 1 atom stereocenters. The third-order valence-electron chi connectivity index (χ3n) is 3.07. The van der Waals surface area contributed by atoms with Gasteiger partial charge in [0.2, 0.25) is 0 Å². The number of thiazole rings is 1. The van der Waals surface area contributed by atoms with E-state index in [9.17, 15) is 0 Å². The Bertz CT molecular complexity index is 530. The molecule has 0 saturated heterocycles. The quantitative estimate of drug-likeness (QED) is 0.881. The van der Waals surface area contributed by atoms with Crippen LogP contribution in [0.3, 0.4) is 0 Å². The highest BCUT2D eigenvalue weighted by atomic mass is 32.1. The van der Waals surface area contributed by atoms with Crippen LogP contribution in [-0.2, 0) is 6.54 Å². The summed E-state index contributed by atoms with van der Waals surface area (Å²) in [5.74, 6) is 1.95. The van der Waals surface area contributed by atoms with Crippen LogP contribution in [0.25, 0.3) is 11.5 Å². The minimum Gasteiger partial charge on any atom is -0.307 e. The number of aryl methyl sites for hydroxylation is 1. The second kappa shape index (κ2) is 4.19. The standard InChI is InChI=1S/C11H15N5S/c1-3-8-10-14-15-11(16(10)5-4-12-8)9-6-17-7(2)13-9/h6,8,12H,3-5H2,1-2H3. The lowest BCUT2D eigenvalue weighted by Crippen LogP contribution is -2.33. The first-order chi connectivity index (χ1) is 8.29. The third kappa shape index (κ3) is 1.77. The van der Waals surface area contributed by atoms with Gasteiger partial charge >= 0.3 is 0 Å². The number of hydrogen-bond acceptors (Lipinski definition) is 5. The van der Waals surface area contributed by atoms with Crippen LogP contribution >= 0.6 is 11.3 Å². The fourth-order valence-corrected chi connectivity index (χ4v) is 2.81. The van der Waals surface area contributed by atoms with Gasteiger partial charge in [-0.3, -0.25) is 0 Å². The van der Waals surface area contributed by atoms with Crippen molar-refractivity contribution in [2.45, 2.75) is 32.9 Å². The van der Waals surface area contributed by atoms with E-state index in [2.05, 4.69) is 37.4 Å². The van der Waals surface area contributed by atoms with Crippen LogP contribution in [0.2, 0.25) is 0 Å². The average Bonchev–Trinajstić information content (AvgIpc) is 2.94. The predicted molar refractivity (Wildman–Crippen MR) is 66.9 cm³/mol. The highest BCUT2D eigenvalue weighted by Gasteiger charge is 2.24. The SMILES string of the molecule is CCC1NCCn2c(-c3csc(C)n3)nnc21. The molecule has 0 aromatic carbocycles. The molecule has 1 unspecified atom stereocenters. The molecule has 2 aromatic heterocycles. The van der Waals surface area contributed by atoms with Crippen LogP contribution in [0.5, 0.6) is 0 Å². The summed E-state index contributed by atoms with van der Waals surface area (Å²) in [7, 11) is 0. The first kappa shape index (κ1) is 10.9. The normalized spacial score (nSPS) is 19.3. The summed E-state index contributed by atoms with van der Waals surface area (Å²) in [6.45, 7) is 6.07.